The summed E-state index contributed by atoms with van der Waals surface area (Å²) < 4.78 is 1.79. The maximum Gasteiger partial charge on any atom is 0.324 e. The molecule has 0 spiro atoms. The normalized spacial score (nSPS) is 10.4. The molecule has 2 amide bonds. The fraction of sp³-hybridized carbons (Fsp3) is 0. The second-order valence-electron chi connectivity index (χ2n) is 4.19. The van der Waals surface area contributed by atoms with Crippen LogP contribution in [0.5, 0.6) is 0 Å². The van der Waals surface area contributed by atoms with E-state index in [9.17, 15) is 4.79 Å². The van der Waals surface area contributed by atoms with Gasteiger partial charge in [0.15, 0.2) is 0 Å². The van der Waals surface area contributed by atoms with Crippen molar-refractivity contribution in [1.29, 1.82) is 0 Å². The average molecular weight is 287 g/mol. The number of benzene rings is 1. The number of carbonyl (C=O) groups excluding carboxylic acids is 1. The van der Waals surface area contributed by atoms with E-state index >= 15 is 0 Å². The Morgan fingerprint density at radius 1 is 1.10 bits per heavy atom. The molecule has 6 heteroatoms. The van der Waals surface area contributed by atoms with Crippen molar-refractivity contribution in [2.24, 2.45) is 0 Å². The highest BCUT2D eigenvalue weighted by molar-refractivity contribution is 6.30. The van der Waals surface area contributed by atoms with Crippen molar-refractivity contribution in [2.75, 3.05) is 10.6 Å². The maximum absolute atomic E-state index is 11.9. The van der Waals surface area contributed by atoms with Crippen LogP contribution < -0.4 is 10.6 Å². The summed E-state index contributed by atoms with van der Waals surface area (Å²) in [5.74, 6) is 0.645. The summed E-state index contributed by atoms with van der Waals surface area (Å²) in [6, 6.07) is 12.1. The number of aromatic nitrogens is 2. The number of fused-ring (bicyclic) bond motifs is 1. The SMILES string of the molecule is O=C(Nc1ccc(Cl)cc1)Nc1cccc2cncn12. The number of carbonyl (C=O) groups is 1. The van der Waals surface area contributed by atoms with Gasteiger partial charge in [-0.3, -0.25) is 9.72 Å². The van der Waals surface area contributed by atoms with E-state index in [0.29, 0.717) is 16.5 Å². The Bertz CT molecular complexity index is 751. The molecule has 2 heterocycles. The van der Waals surface area contributed by atoms with E-state index in [2.05, 4.69) is 15.6 Å². The third-order valence-electron chi connectivity index (χ3n) is 2.79. The Labute approximate surface area is 120 Å². The van der Waals surface area contributed by atoms with Crippen molar-refractivity contribution in [1.82, 2.24) is 9.38 Å². The number of amides is 2. The van der Waals surface area contributed by atoms with Gasteiger partial charge in [0.1, 0.15) is 12.1 Å². The molecule has 0 aliphatic rings. The van der Waals surface area contributed by atoms with Crippen molar-refractivity contribution in [3.8, 4) is 0 Å². The van der Waals surface area contributed by atoms with Crippen molar-refractivity contribution < 1.29 is 4.79 Å². The summed E-state index contributed by atoms with van der Waals surface area (Å²) in [6.07, 6.45) is 3.37. The van der Waals surface area contributed by atoms with Gasteiger partial charge in [0.2, 0.25) is 0 Å². The first kappa shape index (κ1) is 12.5. The molecule has 0 fully saturated rings. The van der Waals surface area contributed by atoms with Crippen LogP contribution in [-0.2, 0) is 0 Å². The lowest BCUT2D eigenvalue weighted by Gasteiger charge is -2.09. The fourth-order valence-corrected chi connectivity index (χ4v) is 1.99. The Balaban J connectivity index is 1.76. The van der Waals surface area contributed by atoms with E-state index < -0.39 is 0 Å². The lowest BCUT2D eigenvalue weighted by atomic mass is 10.3. The van der Waals surface area contributed by atoms with Crippen LogP contribution in [0.1, 0.15) is 0 Å². The number of pyridine rings is 1. The largest absolute Gasteiger partial charge is 0.324 e. The number of anilines is 2. The summed E-state index contributed by atoms with van der Waals surface area (Å²) in [5, 5.41) is 6.13. The molecule has 0 saturated carbocycles. The van der Waals surface area contributed by atoms with Gasteiger partial charge in [-0.2, -0.15) is 0 Å². The van der Waals surface area contributed by atoms with Crippen LogP contribution in [0.3, 0.4) is 0 Å². The summed E-state index contributed by atoms with van der Waals surface area (Å²) in [4.78, 5) is 16.0. The second kappa shape index (κ2) is 5.22. The van der Waals surface area contributed by atoms with Crippen LogP contribution in [0.15, 0.2) is 55.0 Å². The van der Waals surface area contributed by atoms with Crippen LogP contribution >= 0.6 is 11.6 Å². The molecule has 0 saturated heterocycles. The number of imidazole rings is 1. The summed E-state index contributed by atoms with van der Waals surface area (Å²) in [7, 11) is 0. The molecule has 0 aliphatic carbocycles. The van der Waals surface area contributed by atoms with E-state index in [0.717, 1.165) is 5.52 Å². The lowest BCUT2D eigenvalue weighted by Crippen LogP contribution is -2.20. The number of halogens is 1. The number of urea groups is 1. The van der Waals surface area contributed by atoms with Crippen molar-refractivity contribution >= 4 is 34.7 Å². The van der Waals surface area contributed by atoms with E-state index in [1.807, 2.05) is 12.1 Å². The van der Waals surface area contributed by atoms with Gasteiger partial charge in [0.25, 0.3) is 0 Å². The summed E-state index contributed by atoms with van der Waals surface area (Å²) >= 11 is 5.79. The average Bonchev–Trinajstić information content (AvgIpc) is 2.91. The van der Waals surface area contributed by atoms with Gasteiger partial charge in [-0.15, -0.1) is 0 Å². The van der Waals surface area contributed by atoms with Gasteiger partial charge >= 0.3 is 6.03 Å². The minimum absolute atomic E-state index is 0.325. The van der Waals surface area contributed by atoms with Crippen molar-refractivity contribution in [3.05, 3.63) is 60.0 Å². The third kappa shape index (κ3) is 2.57. The highest BCUT2D eigenvalue weighted by Crippen LogP contribution is 2.15. The van der Waals surface area contributed by atoms with Crippen LogP contribution in [0.2, 0.25) is 5.02 Å². The van der Waals surface area contributed by atoms with Crippen molar-refractivity contribution in [3.63, 3.8) is 0 Å². The summed E-state index contributed by atoms with van der Waals surface area (Å²) in [5.41, 5.74) is 1.58. The van der Waals surface area contributed by atoms with Gasteiger partial charge in [0, 0.05) is 10.7 Å². The van der Waals surface area contributed by atoms with Crippen LogP contribution in [-0.4, -0.2) is 15.4 Å². The maximum atomic E-state index is 11.9. The molecular formula is C14H11ClN4O. The molecule has 0 bridgehead atoms. The zero-order chi connectivity index (χ0) is 13.9. The number of hydrogen-bond acceptors (Lipinski definition) is 2. The predicted octanol–water partition coefficient (Wildman–Crippen LogP) is 3.63. The molecule has 3 rings (SSSR count). The molecule has 0 atom stereocenters. The molecule has 100 valence electrons. The van der Waals surface area contributed by atoms with Crippen LogP contribution in [0.4, 0.5) is 16.3 Å². The highest BCUT2D eigenvalue weighted by Gasteiger charge is 2.05. The topological polar surface area (TPSA) is 58.4 Å². The van der Waals surface area contributed by atoms with Gasteiger partial charge in [-0.05, 0) is 36.4 Å². The minimum Gasteiger partial charge on any atom is -0.308 e. The van der Waals surface area contributed by atoms with Crippen LogP contribution in [0, 0.1) is 0 Å². The molecule has 20 heavy (non-hydrogen) atoms. The molecule has 0 radical (unpaired) electrons. The van der Waals surface area contributed by atoms with E-state index in [1.165, 1.54) is 0 Å². The van der Waals surface area contributed by atoms with Crippen LogP contribution in [0.25, 0.3) is 5.52 Å². The number of rotatable bonds is 2. The highest BCUT2D eigenvalue weighted by atomic mass is 35.5. The Kier molecular flexibility index (Phi) is 3.26. The second-order valence-corrected chi connectivity index (χ2v) is 4.62. The van der Waals surface area contributed by atoms with Crippen molar-refractivity contribution in [2.45, 2.75) is 0 Å². The molecule has 2 aromatic heterocycles. The first-order valence-electron chi connectivity index (χ1n) is 5.97. The molecule has 5 nitrogen and oxygen atoms in total. The molecule has 1 aromatic carbocycles. The third-order valence-corrected chi connectivity index (χ3v) is 3.04. The number of nitrogens with one attached hydrogen (secondary N) is 2. The summed E-state index contributed by atoms with van der Waals surface area (Å²) in [6.45, 7) is 0. The molecular weight excluding hydrogens is 276 g/mol. The smallest absolute Gasteiger partial charge is 0.308 e. The van der Waals surface area contributed by atoms with Gasteiger partial charge < -0.3 is 5.32 Å². The monoisotopic (exact) mass is 286 g/mol. The zero-order valence-corrected chi connectivity index (χ0v) is 11.1. The fourth-order valence-electron chi connectivity index (χ4n) is 1.86. The van der Waals surface area contributed by atoms with Gasteiger partial charge in [0.05, 0.1) is 11.7 Å². The molecule has 2 N–H and O–H groups in total. The van der Waals surface area contributed by atoms with E-state index in [1.54, 1.807) is 47.3 Å². The first-order chi connectivity index (χ1) is 9.72. The lowest BCUT2D eigenvalue weighted by molar-refractivity contribution is 0.262. The number of hydrogen-bond donors (Lipinski definition) is 2. The Morgan fingerprint density at radius 3 is 2.70 bits per heavy atom. The van der Waals surface area contributed by atoms with Gasteiger partial charge in [-0.1, -0.05) is 17.7 Å². The Morgan fingerprint density at radius 2 is 1.90 bits per heavy atom. The molecule has 0 aliphatic heterocycles. The molecule has 3 aromatic rings. The first-order valence-corrected chi connectivity index (χ1v) is 6.35. The minimum atomic E-state index is -0.325. The Hall–Kier alpha value is -2.53. The zero-order valence-electron chi connectivity index (χ0n) is 10.4. The van der Waals surface area contributed by atoms with E-state index in [-0.39, 0.29) is 6.03 Å². The predicted molar refractivity (Wildman–Crippen MR) is 79.3 cm³/mol. The quantitative estimate of drug-likeness (QED) is 0.756. The van der Waals surface area contributed by atoms with Gasteiger partial charge in [-0.25, -0.2) is 9.78 Å². The standard InChI is InChI=1S/C14H11ClN4O/c15-10-4-6-11(7-5-10)17-14(20)18-13-3-1-2-12-8-16-9-19(12)13/h1-9H,(H2,17,18,20). The number of nitrogens with zero attached hydrogens (tertiary/aromatic N) is 2. The molecule has 0 unspecified atom stereocenters. The van der Waals surface area contributed by atoms with E-state index in [4.69, 9.17) is 11.6 Å².